The molecule has 3 heteroatoms. The van der Waals surface area contributed by atoms with E-state index in [1.807, 2.05) is 13.8 Å². The quantitative estimate of drug-likeness (QED) is 0.781. The highest BCUT2D eigenvalue weighted by Gasteiger charge is 2.70. The lowest BCUT2D eigenvalue weighted by atomic mass is 9.63. The zero-order chi connectivity index (χ0) is 14.6. The van der Waals surface area contributed by atoms with Crippen LogP contribution in [0.4, 0.5) is 0 Å². The van der Waals surface area contributed by atoms with Crippen LogP contribution in [-0.4, -0.2) is 21.8 Å². The second kappa shape index (κ2) is 4.84. The standard InChI is InChI=1S/C16H27BrO2/c1-6-16(5)10(7-15(3,4)19)12-9(2)13(12)14(16)11(18)8-17/h9-10,12-14,19H,6-8H2,1-5H3/t9-,10?,12-,13-,14-,16-/m0/s1. The summed E-state index contributed by atoms with van der Waals surface area (Å²) in [6, 6.07) is 0. The fourth-order valence-corrected chi connectivity index (χ4v) is 5.20. The summed E-state index contributed by atoms with van der Waals surface area (Å²) >= 11 is 3.35. The summed E-state index contributed by atoms with van der Waals surface area (Å²) in [5.41, 5.74) is -0.576. The molecule has 2 aliphatic rings. The lowest BCUT2D eigenvalue weighted by Crippen LogP contribution is -2.40. The van der Waals surface area contributed by atoms with Crippen LogP contribution in [0, 0.1) is 35.0 Å². The molecule has 0 aromatic rings. The molecule has 0 saturated heterocycles. The van der Waals surface area contributed by atoms with Gasteiger partial charge in [0.1, 0.15) is 5.78 Å². The van der Waals surface area contributed by atoms with Crippen molar-refractivity contribution in [2.75, 3.05) is 5.33 Å². The topological polar surface area (TPSA) is 37.3 Å². The summed E-state index contributed by atoms with van der Waals surface area (Å²) in [6.07, 6.45) is 1.84. The smallest absolute Gasteiger partial charge is 0.147 e. The van der Waals surface area contributed by atoms with Crippen molar-refractivity contribution in [3.8, 4) is 0 Å². The SMILES string of the molecule is CC[C@@]1(C)C(CC(C)(C)O)[C@@H]2[C@H](C)[C@@H]2[C@@H]1C(=O)CBr. The van der Waals surface area contributed by atoms with Crippen LogP contribution in [0.1, 0.15) is 47.5 Å². The number of alkyl halides is 1. The average molecular weight is 331 g/mol. The van der Waals surface area contributed by atoms with Gasteiger partial charge in [0.15, 0.2) is 0 Å². The van der Waals surface area contributed by atoms with E-state index in [0.717, 1.165) is 12.8 Å². The van der Waals surface area contributed by atoms with Gasteiger partial charge in [0.2, 0.25) is 0 Å². The van der Waals surface area contributed by atoms with Gasteiger partial charge in [0, 0.05) is 5.92 Å². The first-order chi connectivity index (χ1) is 8.67. The van der Waals surface area contributed by atoms with Crippen LogP contribution in [0.2, 0.25) is 0 Å². The van der Waals surface area contributed by atoms with E-state index in [2.05, 4.69) is 36.7 Å². The number of aliphatic hydroxyl groups is 1. The van der Waals surface area contributed by atoms with E-state index in [4.69, 9.17) is 0 Å². The third-order valence-electron chi connectivity index (χ3n) is 5.88. The van der Waals surface area contributed by atoms with Gasteiger partial charge in [-0.2, -0.15) is 0 Å². The molecule has 2 nitrogen and oxygen atoms in total. The molecule has 0 bridgehead atoms. The number of carbonyl (C=O) groups excluding carboxylic acids is 1. The molecule has 1 N–H and O–H groups in total. The van der Waals surface area contributed by atoms with Gasteiger partial charge in [-0.15, -0.1) is 0 Å². The van der Waals surface area contributed by atoms with Gasteiger partial charge in [0.25, 0.3) is 0 Å². The van der Waals surface area contributed by atoms with Gasteiger partial charge in [0.05, 0.1) is 10.9 Å². The Morgan fingerprint density at radius 1 is 1.37 bits per heavy atom. The van der Waals surface area contributed by atoms with E-state index in [1.54, 1.807) is 0 Å². The summed E-state index contributed by atoms with van der Waals surface area (Å²) in [4.78, 5) is 12.4. The Kier molecular flexibility index (Phi) is 3.94. The molecule has 0 radical (unpaired) electrons. The van der Waals surface area contributed by atoms with E-state index in [-0.39, 0.29) is 11.3 Å². The van der Waals surface area contributed by atoms with Gasteiger partial charge in [-0.05, 0) is 55.8 Å². The van der Waals surface area contributed by atoms with E-state index < -0.39 is 5.60 Å². The molecular formula is C16H27BrO2. The zero-order valence-corrected chi connectivity index (χ0v) is 14.3. The van der Waals surface area contributed by atoms with E-state index in [0.29, 0.717) is 34.8 Å². The predicted molar refractivity (Wildman–Crippen MR) is 81.2 cm³/mol. The van der Waals surface area contributed by atoms with Gasteiger partial charge in [-0.1, -0.05) is 36.7 Å². The Morgan fingerprint density at radius 3 is 2.37 bits per heavy atom. The van der Waals surface area contributed by atoms with Crippen molar-refractivity contribution < 1.29 is 9.90 Å². The summed E-state index contributed by atoms with van der Waals surface area (Å²) < 4.78 is 0. The molecule has 2 saturated carbocycles. The maximum Gasteiger partial charge on any atom is 0.147 e. The van der Waals surface area contributed by atoms with Gasteiger partial charge in [-0.3, -0.25) is 4.79 Å². The highest BCUT2D eigenvalue weighted by molar-refractivity contribution is 9.09. The molecule has 19 heavy (non-hydrogen) atoms. The summed E-state index contributed by atoms with van der Waals surface area (Å²) in [6.45, 7) is 10.5. The van der Waals surface area contributed by atoms with Crippen molar-refractivity contribution in [1.29, 1.82) is 0 Å². The molecule has 0 amide bonds. The van der Waals surface area contributed by atoms with Crippen molar-refractivity contribution in [2.45, 2.75) is 53.1 Å². The fraction of sp³-hybridized carbons (Fsp3) is 0.938. The molecular weight excluding hydrogens is 304 g/mol. The minimum absolute atomic E-state index is 0.0622. The molecule has 2 rings (SSSR count). The largest absolute Gasteiger partial charge is 0.390 e. The first-order valence-corrected chi connectivity index (χ1v) is 8.60. The molecule has 6 atom stereocenters. The minimum Gasteiger partial charge on any atom is -0.390 e. The second-order valence-corrected chi connectivity index (χ2v) is 8.13. The fourth-order valence-electron chi connectivity index (χ4n) is 4.85. The summed E-state index contributed by atoms with van der Waals surface area (Å²) in [5, 5.41) is 10.7. The van der Waals surface area contributed by atoms with E-state index in [9.17, 15) is 9.90 Å². The zero-order valence-electron chi connectivity index (χ0n) is 12.7. The Morgan fingerprint density at radius 2 is 1.95 bits per heavy atom. The van der Waals surface area contributed by atoms with Crippen molar-refractivity contribution in [3.63, 3.8) is 0 Å². The van der Waals surface area contributed by atoms with E-state index in [1.165, 1.54) is 0 Å². The summed E-state index contributed by atoms with van der Waals surface area (Å²) in [5.74, 6) is 2.88. The van der Waals surface area contributed by atoms with Gasteiger partial charge < -0.3 is 5.11 Å². The van der Waals surface area contributed by atoms with Crippen LogP contribution in [-0.2, 0) is 4.79 Å². The third-order valence-corrected chi connectivity index (χ3v) is 6.44. The molecule has 0 aromatic carbocycles. The summed E-state index contributed by atoms with van der Waals surface area (Å²) in [7, 11) is 0. The lowest BCUT2D eigenvalue weighted by molar-refractivity contribution is -0.126. The number of carbonyl (C=O) groups is 1. The second-order valence-electron chi connectivity index (χ2n) is 7.57. The number of hydrogen-bond donors (Lipinski definition) is 1. The van der Waals surface area contributed by atoms with Gasteiger partial charge in [-0.25, -0.2) is 0 Å². The monoisotopic (exact) mass is 330 g/mol. The minimum atomic E-state index is -0.639. The van der Waals surface area contributed by atoms with Crippen LogP contribution >= 0.6 is 15.9 Å². The molecule has 0 spiro atoms. The number of ketones is 1. The van der Waals surface area contributed by atoms with Crippen LogP contribution in [0.3, 0.4) is 0 Å². The highest BCUT2D eigenvalue weighted by atomic mass is 79.9. The van der Waals surface area contributed by atoms with Crippen LogP contribution in [0.15, 0.2) is 0 Å². The molecule has 110 valence electrons. The number of fused-ring (bicyclic) bond motifs is 1. The number of hydrogen-bond acceptors (Lipinski definition) is 2. The number of Topliss-reactive ketones (excluding diaryl/α,β-unsaturated/α-hetero) is 1. The predicted octanol–water partition coefficient (Wildman–Crippen LogP) is 3.66. The Hall–Kier alpha value is 0.110. The molecule has 1 unspecified atom stereocenters. The first kappa shape index (κ1) is 15.5. The van der Waals surface area contributed by atoms with Crippen molar-refractivity contribution in [2.24, 2.45) is 35.0 Å². The number of rotatable bonds is 5. The van der Waals surface area contributed by atoms with Crippen molar-refractivity contribution in [1.82, 2.24) is 0 Å². The molecule has 2 fully saturated rings. The van der Waals surface area contributed by atoms with Crippen molar-refractivity contribution >= 4 is 21.7 Å². The van der Waals surface area contributed by atoms with Crippen LogP contribution in [0.25, 0.3) is 0 Å². The third kappa shape index (κ3) is 2.42. The highest BCUT2D eigenvalue weighted by Crippen LogP contribution is 2.72. The maximum absolute atomic E-state index is 12.4. The lowest BCUT2D eigenvalue weighted by Gasteiger charge is -2.41. The molecule has 0 aromatic heterocycles. The average Bonchev–Trinajstić information content (AvgIpc) is 2.86. The molecule has 0 aliphatic heterocycles. The van der Waals surface area contributed by atoms with Gasteiger partial charge >= 0.3 is 0 Å². The maximum atomic E-state index is 12.4. The molecule has 2 aliphatic carbocycles. The van der Waals surface area contributed by atoms with Crippen LogP contribution in [0.5, 0.6) is 0 Å². The van der Waals surface area contributed by atoms with Crippen LogP contribution < -0.4 is 0 Å². The Balaban J connectivity index is 2.31. The first-order valence-electron chi connectivity index (χ1n) is 7.48. The van der Waals surface area contributed by atoms with E-state index >= 15 is 0 Å². The van der Waals surface area contributed by atoms with Crippen molar-refractivity contribution in [3.05, 3.63) is 0 Å². The Bertz CT molecular complexity index is 373. The normalized spacial score (nSPS) is 45.1. The Labute approximate surface area is 125 Å². The molecule has 0 heterocycles. The number of halogens is 1.